The van der Waals surface area contributed by atoms with Crippen molar-refractivity contribution in [3.8, 4) is 5.75 Å². The van der Waals surface area contributed by atoms with Crippen LogP contribution in [0.5, 0.6) is 5.75 Å². The number of benzene rings is 1. The Labute approximate surface area is 115 Å². The van der Waals surface area contributed by atoms with E-state index in [4.69, 9.17) is 9.47 Å². The van der Waals surface area contributed by atoms with Crippen LogP contribution in [0, 0.1) is 0 Å². The molecule has 1 aliphatic rings. The minimum absolute atomic E-state index is 0.0423. The summed E-state index contributed by atoms with van der Waals surface area (Å²) in [6.07, 6.45) is 5.56. The van der Waals surface area contributed by atoms with Gasteiger partial charge in [-0.05, 0) is 49.8 Å². The normalized spacial score (nSPS) is 18.7. The van der Waals surface area contributed by atoms with Gasteiger partial charge in [0.2, 0.25) is 0 Å². The average Bonchev–Trinajstić information content (AvgIpc) is 2.41. The molecule has 3 nitrogen and oxygen atoms in total. The van der Waals surface area contributed by atoms with E-state index in [2.05, 4.69) is 12.1 Å². The van der Waals surface area contributed by atoms with Crippen molar-refractivity contribution in [2.45, 2.75) is 50.2 Å². The van der Waals surface area contributed by atoms with E-state index < -0.39 is 0 Å². The smallest absolute Gasteiger partial charge is 0.118 e. The van der Waals surface area contributed by atoms with Gasteiger partial charge in [0.1, 0.15) is 5.75 Å². The Hall–Kier alpha value is -1.06. The number of hydrogen-bond donors (Lipinski definition) is 1. The lowest BCUT2D eigenvalue weighted by atomic mass is 9.75. The third-order valence-corrected chi connectivity index (χ3v) is 4.23. The predicted molar refractivity (Wildman–Crippen MR) is 75.5 cm³/mol. The Balaban J connectivity index is 1.77. The van der Waals surface area contributed by atoms with Gasteiger partial charge in [0.25, 0.3) is 0 Å². The number of ether oxygens (including phenoxy) is 2. The standard InChI is InChI=1S/C16H24O3/c1-18-15-8-5-13(6-9-15)4-7-14(17)12-16(19-2)10-3-11-16/h5-6,8-9,14,17H,3-4,7,10-12H2,1-2H3. The van der Waals surface area contributed by atoms with Gasteiger partial charge in [0, 0.05) is 13.5 Å². The van der Waals surface area contributed by atoms with Gasteiger partial charge in [-0.3, -0.25) is 0 Å². The molecular formula is C16H24O3. The number of aliphatic hydroxyl groups is 1. The second kappa shape index (κ2) is 6.40. The zero-order valence-electron chi connectivity index (χ0n) is 11.9. The van der Waals surface area contributed by atoms with E-state index in [1.807, 2.05) is 12.1 Å². The monoisotopic (exact) mass is 264 g/mol. The summed E-state index contributed by atoms with van der Waals surface area (Å²) in [6, 6.07) is 8.04. The molecule has 0 bridgehead atoms. The Bertz CT molecular complexity index is 376. The van der Waals surface area contributed by atoms with Gasteiger partial charge in [-0.25, -0.2) is 0 Å². The topological polar surface area (TPSA) is 38.7 Å². The van der Waals surface area contributed by atoms with Gasteiger partial charge < -0.3 is 14.6 Å². The van der Waals surface area contributed by atoms with Crippen molar-refractivity contribution >= 4 is 0 Å². The van der Waals surface area contributed by atoms with E-state index in [0.29, 0.717) is 0 Å². The van der Waals surface area contributed by atoms with Gasteiger partial charge in [-0.1, -0.05) is 12.1 Å². The maximum atomic E-state index is 10.1. The Morgan fingerprint density at radius 3 is 2.37 bits per heavy atom. The first-order chi connectivity index (χ1) is 9.17. The molecule has 1 N–H and O–H groups in total. The van der Waals surface area contributed by atoms with E-state index in [1.54, 1.807) is 14.2 Å². The van der Waals surface area contributed by atoms with Gasteiger partial charge in [0.05, 0.1) is 18.8 Å². The van der Waals surface area contributed by atoms with Crippen LogP contribution in [0.1, 0.15) is 37.7 Å². The zero-order valence-corrected chi connectivity index (χ0v) is 11.9. The number of methoxy groups -OCH3 is 2. The molecule has 0 aromatic heterocycles. The molecule has 2 rings (SSSR count). The number of aryl methyl sites for hydroxylation is 1. The minimum atomic E-state index is -0.276. The van der Waals surface area contributed by atoms with Crippen LogP contribution < -0.4 is 4.74 Å². The molecule has 1 fully saturated rings. The van der Waals surface area contributed by atoms with Crippen LogP contribution in [-0.2, 0) is 11.2 Å². The second-order valence-electron chi connectivity index (χ2n) is 5.49. The lowest BCUT2D eigenvalue weighted by Gasteiger charge is -2.41. The molecule has 0 spiro atoms. The van der Waals surface area contributed by atoms with Crippen molar-refractivity contribution in [1.82, 2.24) is 0 Å². The fourth-order valence-corrected chi connectivity index (χ4v) is 2.72. The molecule has 0 radical (unpaired) electrons. The van der Waals surface area contributed by atoms with E-state index in [9.17, 15) is 5.11 Å². The summed E-state index contributed by atoms with van der Waals surface area (Å²) in [6.45, 7) is 0. The first kappa shape index (κ1) is 14.4. The van der Waals surface area contributed by atoms with Crippen molar-refractivity contribution in [3.05, 3.63) is 29.8 Å². The van der Waals surface area contributed by atoms with Crippen LogP contribution in [0.15, 0.2) is 24.3 Å². The molecule has 0 heterocycles. The SMILES string of the molecule is COc1ccc(CCC(O)CC2(OC)CCC2)cc1. The maximum Gasteiger partial charge on any atom is 0.118 e. The maximum absolute atomic E-state index is 10.1. The quantitative estimate of drug-likeness (QED) is 0.823. The van der Waals surface area contributed by atoms with Crippen LogP contribution >= 0.6 is 0 Å². The highest BCUT2D eigenvalue weighted by atomic mass is 16.5. The van der Waals surface area contributed by atoms with Crippen molar-refractivity contribution in [3.63, 3.8) is 0 Å². The minimum Gasteiger partial charge on any atom is -0.497 e. The molecule has 3 heteroatoms. The summed E-state index contributed by atoms with van der Waals surface area (Å²) >= 11 is 0. The van der Waals surface area contributed by atoms with E-state index in [-0.39, 0.29) is 11.7 Å². The van der Waals surface area contributed by atoms with Crippen LogP contribution in [0.2, 0.25) is 0 Å². The first-order valence-electron chi connectivity index (χ1n) is 7.04. The number of hydrogen-bond acceptors (Lipinski definition) is 3. The Kier molecular flexibility index (Phi) is 4.83. The molecule has 1 atom stereocenters. The van der Waals surface area contributed by atoms with Crippen LogP contribution in [0.4, 0.5) is 0 Å². The predicted octanol–water partition coefficient (Wildman–Crippen LogP) is 2.95. The fourth-order valence-electron chi connectivity index (χ4n) is 2.72. The molecular weight excluding hydrogens is 240 g/mol. The Morgan fingerprint density at radius 1 is 1.21 bits per heavy atom. The van der Waals surface area contributed by atoms with Crippen molar-refractivity contribution in [1.29, 1.82) is 0 Å². The van der Waals surface area contributed by atoms with Crippen LogP contribution in [-0.4, -0.2) is 31.0 Å². The molecule has 0 amide bonds. The molecule has 1 aromatic rings. The highest BCUT2D eigenvalue weighted by Gasteiger charge is 2.38. The molecule has 1 unspecified atom stereocenters. The van der Waals surface area contributed by atoms with Crippen LogP contribution in [0.3, 0.4) is 0 Å². The largest absolute Gasteiger partial charge is 0.497 e. The fraction of sp³-hybridized carbons (Fsp3) is 0.625. The summed E-state index contributed by atoms with van der Waals surface area (Å²) in [5.74, 6) is 0.872. The van der Waals surface area contributed by atoms with E-state index >= 15 is 0 Å². The average molecular weight is 264 g/mol. The summed E-state index contributed by atoms with van der Waals surface area (Å²) in [5, 5.41) is 10.1. The lowest BCUT2D eigenvalue weighted by molar-refractivity contribution is -0.0998. The van der Waals surface area contributed by atoms with E-state index in [1.165, 1.54) is 12.0 Å². The first-order valence-corrected chi connectivity index (χ1v) is 7.04. The molecule has 106 valence electrons. The summed E-state index contributed by atoms with van der Waals surface area (Å²) < 4.78 is 10.7. The van der Waals surface area contributed by atoms with Crippen molar-refractivity contribution < 1.29 is 14.6 Å². The summed E-state index contributed by atoms with van der Waals surface area (Å²) in [7, 11) is 3.43. The number of rotatable bonds is 7. The van der Waals surface area contributed by atoms with Gasteiger partial charge in [-0.15, -0.1) is 0 Å². The highest BCUT2D eigenvalue weighted by Crippen LogP contribution is 2.39. The summed E-state index contributed by atoms with van der Waals surface area (Å²) in [5.41, 5.74) is 1.19. The lowest BCUT2D eigenvalue weighted by Crippen LogP contribution is -2.42. The van der Waals surface area contributed by atoms with Crippen molar-refractivity contribution in [2.24, 2.45) is 0 Å². The number of aliphatic hydroxyl groups excluding tert-OH is 1. The van der Waals surface area contributed by atoms with Gasteiger partial charge in [0.15, 0.2) is 0 Å². The third-order valence-electron chi connectivity index (χ3n) is 4.23. The second-order valence-corrected chi connectivity index (χ2v) is 5.49. The van der Waals surface area contributed by atoms with E-state index in [0.717, 1.165) is 37.9 Å². The molecule has 0 aliphatic heterocycles. The highest BCUT2D eigenvalue weighted by molar-refractivity contribution is 5.27. The van der Waals surface area contributed by atoms with Crippen molar-refractivity contribution in [2.75, 3.05) is 14.2 Å². The molecule has 1 saturated carbocycles. The van der Waals surface area contributed by atoms with Crippen LogP contribution in [0.25, 0.3) is 0 Å². The van der Waals surface area contributed by atoms with Gasteiger partial charge in [-0.2, -0.15) is 0 Å². The molecule has 19 heavy (non-hydrogen) atoms. The molecule has 1 aliphatic carbocycles. The molecule has 1 aromatic carbocycles. The molecule has 0 saturated heterocycles. The zero-order chi connectivity index (χ0) is 13.7. The third kappa shape index (κ3) is 3.71. The van der Waals surface area contributed by atoms with Gasteiger partial charge >= 0.3 is 0 Å². The Morgan fingerprint density at radius 2 is 1.89 bits per heavy atom. The summed E-state index contributed by atoms with van der Waals surface area (Å²) in [4.78, 5) is 0.